The number of ether oxygens (including phenoxy) is 1. The van der Waals surface area contributed by atoms with Gasteiger partial charge in [0.2, 0.25) is 0 Å². The van der Waals surface area contributed by atoms with Gasteiger partial charge in [-0.25, -0.2) is 13.8 Å². The number of pyridine rings is 1. The number of halogens is 3. The Morgan fingerprint density at radius 3 is 2.79 bits per heavy atom. The first-order valence-electron chi connectivity index (χ1n) is 11.9. The van der Waals surface area contributed by atoms with Gasteiger partial charge in [0.1, 0.15) is 23.0 Å². The van der Waals surface area contributed by atoms with E-state index in [1.165, 1.54) is 6.20 Å². The van der Waals surface area contributed by atoms with Crippen molar-refractivity contribution in [3.8, 4) is 6.01 Å². The fourth-order valence-corrected chi connectivity index (χ4v) is 6.03. The second kappa shape index (κ2) is 8.65. The molecule has 3 unspecified atom stereocenters. The largest absolute Gasteiger partial charge is 0.404 e. The predicted octanol–water partition coefficient (Wildman–Crippen LogP) is 3.43. The lowest BCUT2D eigenvalue weighted by Gasteiger charge is -2.41. The van der Waals surface area contributed by atoms with Crippen LogP contribution in [0.25, 0.3) is 10.9 Å². The fourth-order valence-electron chi connectivity index (χ4n) is 5.89. The van der Waals surface area contributed by atoms with Crippen molar-refractivity contribution < 1.29 is 23.7 Å². The molecule has 0 bridgehead atoms. The molecular weight excluding hydrogens is 468 g/mol. The molecule has 5 rings (SSSR count). The minimum absolute atomic E-state index is 0.0782. The summed E-state index contributed by atoms with van der Waals surface area (Å²) in [7, 11) is 0. The molecule has 34 heavy (non-hydrogen) atoms. The SMILES string of the molecule is CC1CCCCN(c2nc(OC(O)(O)[C@@]34CCCN3CC(F)C4)nc3c(F)c(Cl)ncc23)C1C. The van der Waals surface area contributed by atoms with Gasteiger partial charge in [-0.1, -0.05) is 24.9 Å². The molecule has 186 valence electrons. The van der Waals surface area contributed by atoms with Crippen LogP contribution < -0.4 is 9.64 Å². The Labute approximate surface area is 201 Å². The van der Waals surface area contributed by atoms with Crippen molar-refractivity contribution in [1.82, 2.24) is 19.9 Å². The van der Waals surface area contributed by atoms with Crippen molar-refractivity contribution in [2.75, 3.05) is 24.5 Å². The van der Waals surface area contributed by atoms with E-state index >= 15 is 4.39 Å². The highest BCUT2D eigenvalue weighted by atomic mass is 35.5. The maximum Gasteiger partial charge on any atom is 0.344 e. The highest BCUT2D eigenvalue weighted by Crippen LogP contribution is 2.47. The Kier molecular flexibility index (Phi) is 6.07. The third-order valence-corrected chi connectivity index (χ3v) is 8.20. The first kappa shape index (κ1) is 23.8. The van der Waals surface area contributed by atoms with Gasteiger partial charge in [-0.3, -0.25) is 4.90 Å². The molecule has 0 aromatic carbocycles. The Bertz CT molecular complexity index is 1090. The molecule has 0 spiro atoms. The lowest BCUT2D eigenvalue weighted by molar-refractivity contribution is -0.349. The molecule has 11 heteroatoms. The Morgan fingerprint density at radius 1 is 1.21 bits per heavy atom. The summed E-state index contributed by atoms with van der Waals surface area (Å²) >= 11 is 5.93. The zero-order chi connectivity index (χ0) is 24.3. The lowest BCUT2D eigenvalue weighted by atomic mass is 9.90. The van der Waals surface area contributed by atoms with E-state index in [0.29, 0.717) is 43.1 Å². The topological polar surface area (TPSA) is 94.8 Å². The van der Waals surface area contributed by atoms with Gasteiger partial charge in [0.05, 0.1) is 5.39 Å². The number of anilines is 1. The maximum atomic E-state index is 15.0. The van der Waals surface area contributed by atoms with Crippen LogP contribution in [-0.4, -0.2) is 73.4 Å². The number of aromatic nitrogens is 3. The Morgan fingerprint density at radius 2 is 2.00 bits per heavy atom. The number of nitrogens with zero attached hydrogens (tertiary/aromatic N) is 5. The van der Waals surface area contributed by atoms with Gasteiger partial charge in [-0.15, -0.1) is 0 Å². The predicted molar refractivity (Wildman–Crippen MR) is 123 cm³/mol. The molecule has 3 fully saturated rings. The summed E-state index contributed by atoms with van der Waals surface area (Å²) < 4.78 is 34.9. The number of hydrogen-bond acceptors (Lipinski definition) is 8. The van der Waals surface area contributed by atoms with E-state index in [2.05, 4.69) is 33.7 Å². The molecule has 3 saturated heterocycles. The van der Waals surface area contributed by atoms with Crippen molar-refractivity contribution in [3.05, 3.63) is 17.2 Å². The number of alkyl halides is 1. The van der Waals surface area contributed by atoms with E-state index in [0.717, 1.165) is 19.3 Å². The van der Waals surface area contributed by atoms with Crippen molar-refractivity contribution in [2.24, 2.45) is 5.92 Å². The van der Waals surface area contributed by atoms with E-state index in [1.807, 2.05) is 0 Å². The minimum Gasteiger partial charge on any atom is -0.404 e. The molecule has 0 aliphatic carbocycles. The quantitative estimate of drug-likeness (QED) is 0.490. The first-order chi connectivity index (χ1) is 16.1. The summed E-state index contributed by atoms with van der Waals surface area (Å²) in [6.07, 6.45) is 4.24. The molecule has 8 nitrogen and oxygen atoms in total. The number of rotatable bonds is 4. The van der Waals surface area contributed by atoms with Crippen molar-refractivity contribution >= 4 is 28.3 Å². The lowest BCUT2D eigenvalue weighted by Crippen LogP contribution is -2.62. The molecule has 2 aromatic rings. The zero-order valence-corrected chi connectivity index (χ0v) is 20.1. The molecule has 2 N–H and O–H groups in total. The van der Waals surface area contributed by atoms with Gasteiger partial charge in [0.15, 0.2) is 11.0 Å². The third-order valence-electron chi connectivity index (χ3n) is 7.94. The Balaban J connectivity index is 1.60. The molecule has 3 aliphatic heterocycles. The average molecular weight is 498 g/mol. The maximum absolute atomic E-state index is 15.0. The fraction of sp³-hybridized carbons (Fsp3) is 0.696. The molecular formula is C23H30ClF2N5O3. The standard InChI is InChI=1S/C23H30ClF2N5O3/c1-13-6-3-4-9-31(14(13)2)20-16-11-27-19(24)17(26)18(16)28-21(29-20)34-23(32,33)22-7-5-8-30(22)12-15(25)10-22/h11,13-15,32-33H,3-10,12H2,1-2H3/t13?,14?,15?,22-/m0/s1. The van der Waals surface area contributed by atoms with Gasteiger partial charge in [0.25, 0.3) is 0 Å². The highest BCUT2D eigenvalue weighted by Gasteiger charge is 2.63. The van der Waals surface area contributed by atoms with E-state index in [9.17, 15) is 14.6 Å². The van der Waals surface area contributed by atoms with Gasteiger partial charge in [-0.05, 0) is 45.1 Å². The van der Waals surface area contributed by atoms with E-state index in [4.69, 9.17) is 16.3 Å². The summed E-state index contributed by atoms with van der Waals surface area (Å²) in [5.74, 6) is -2.84. The summed E-state index contributed by atoms with van der Waals surface area (Å²) in [6, 6.07) is -0.312. The van der Waals surface area contributed by atoms with Crippen LogP contribution in [0.3, 0.4) is 0 Å². The van der Waals surface area contributed by atoms with Gasteiger partial charge >= 0.3 is 12.0 Å². The number of aliphatic hydroxyl groups is 2. The van der Waals surface area contributed by atoms with E-state index in [-0.39, 0.29) is 29.7 Å². The normalized spacial score (nSPS) is 30.6. The summed E-state index contributed by atoms with van der Waals surface area (Å²) in [6.45, 7) is 5.58. The second-order valence-electron chi connectivity index (χ2n) is 9.95. The molecule has 0 saturated carbocycles. The Hall–Kier alpha value is -1.88. The van der Waals surface area contributed by atoms with Crippen LogP contribution in [0.1, 0.15) is 52.4 Å². The smallest absolute Gasteiger partial charge is 0.344 e. The first-order valence-corrected chi connectivity index (χ1v) is 12.3. The van der Waals surface area contributed by atoms with Crippen LogP contribution in [0.15, 0.2) is 6.20 Å². The molecule has 5 heterocycles. The zero-order valence-electron chi connectivity index (χ0n) is 19.3. The third kappa shape index (κ3) is 3.79. The molecule has 2 aromatic heterocycles. The van der Waals surface area contributed by atoms with Crippen LogP contribution in [0.5, 0.6) is 6.01 Å². The molecule has 0 radical (unpaired) electrons. The van der Waals surface area contributed by atoms with Crippen molar-refractivity contribution in [3.63, 3.8) is 0 Å². The van der Waals surface area contributed by atoms with Gasteiger partial charge in [-0.2, -0.15) is 9.97 Å². The number of fused-ring (bicyclic) bond motifs is 2. The summed E-state index contributed by atoms with van der Waals surface area (Å²) in [4.78, 5) is 16.4. The van der Waals surface area contributed by atoms with Crippen LogP contribution >= 0.6 is 11.6 Å². The van der Waals surface area contributed by atoms with Gasteiger partial charge in [0, 0.05) is 31.7 Å². The van der Waals surface area contributed by atoms with E-state index in [1.54, 1.807) is 4.90 Å². The average Bonchev–Trinajstić information content (AvgIpc) is 3.28. The summed E-state index contributed by atoms with van der Waals surface area (Å²) in [5.41, 5.74) is -1.43. The van der Waals surface area contributed by atoms with E-state index < -0.39 is 29.5 Å². The van der Waals surface area contributed by atoms with Crippen LogP contribution in [0.4, 0.5) is 14.6 Å². The monoisotopic (exact) mass is 497 g/mol. The summed E-state index contributed by atoms with van der Waals surface area (Å²) in [5, 5.41) is 22.2. The van der Waals surface area contributed by atoms with Crippen molar-refractivity contribution in [1.29, 1.82) is 0 Å². The molecule has 4 atom stereocenters. The molecule has 0 amide bonds. The van der Waals surface area contributed by atoms with Crippen LogP contribution in [-0.2, 0) is 0 Å². The van der Waals surface area contributed by atoms with Crippen LogP contribution in [0.2, 0.25) is 5.15 Å². The van der Waals surface area contributed by atoms with Gasteiger partial charge < -0.3 is 19.8 Å². The molecule has 3 aliphatic rings. The van der Waals surface area contributed by atoms with Crippen LogP contribution in [0, 0.1) is 11.7 Å². The van der Waals surface area contributed by atoms with Crippen molar-refractivity contribution in [2.45, 2.75) is 76.1 Å². The minimum atomic E-state index is -2.76. The number of hydrogen-bond donors (Lipinski definition) is 2. The highest BCUT2D eigenvalue weighted by molar-refractivity contribution is 6.30. The second-order valence-corrected chi connectivity index (χ2v) is 10.3.